The molecule has 9 unspecified atom stereocenters. The van der Waals surface area contributed by atoms with Crippen molar-refractivity contribution >= 4 is 23.4 Å². The van der Waals surface area contributed by atoms with Crippen LogP contribution in [0.2, 0.25) is 0 Å². The van der Waals surface area contributed by atoms with Crippen LogP contribution >= 0.6 is 0 Å². The summed E-state index contributed by atoms with van der Waals surface area (Å²) in [6, 6.07) is 3.86. The third-order valence-electron chi connectivity index (χ3n) is 11.1. The first kappa shape index (κ1) is 41.9. The summed E-state index contributed by atoms with van der Waals surface area (Å²) in [5.74, 6) is -6.63. The van der Waals surface area contributed by atoms with Crippen molar-refractivity contribution in [2.24, 2.45) is 0 Å². The molecule has 3 aromatic carbocycles. The van der Waals surface area contributed by atoms with Gasteiger partial charge in [0.2, 0.25) is 0 Å². The number of fused-ring (bicyclic) bond motifs is 5. The van der Waals surface area contributed by atoms with Crippen LogP contribution in [0.25, 0.3) is 11.1 Å². The Bertz CT molecular complexity index is 2250. The Balaban J connectivity index is 1.36. The van der Waals surface area contributed by atoms with Crippen molar-refractivity contribution in [3.8, 4) is 34.1 Å². The van der Waals surface area contributed by atoms with Gasteiger partial charge in [0.25, 0.3) is 5.91 Å². The Hall–Kier alpha value is -5.26. The third-order valence-corrected chi connectivity index (χ3v) is 11.1. The fourth-order valence-corrected chi connectivity index (χ4v) is 8.21. The van der Waals surface area contributed by atoms with Crippen LogP contribution < -0.4 is 15.4 Å². The van der Waals surface area contributed by atoms with Gasteiger partial charge in [0.15, 0.2) is 24.1 Å². The lowest BCUT2D eigenvalue weighted by Crippen LogP contribution is -2.65. The number of aromatic hydroxyl groups is 3. The Labute approximate surface area is 334 Å². The number of likely N-dealkylation sites (N-methyl/N-ethyl adjacent to an activating group) is 1. The van der Waals surface area contributed by atoms with Gasteiger partial charge in [0, 0.05) is 28.3 Å². The number of nitrogens with one attached hydrogen (secondary N) is 2. The van der Waals surface area contributed by atoms with Crippen LogP contribution in [-0.2, 0) is 23.7 Å². The van der Waals surface area contributed by atoms with Crippen LogP contribution in [0, 0.1) is 6.92 Å². The van der Waals surface area contributed by atoms with Crippen molar-refractivity contribution in [1.29, 1.82) is 0 Å². The molecular formula is C39H42N2O18. The summed E-state index contributed by atoms with van der Waals surface area (Å²) in [6.45, 7) is 1.73. The molecule has 0 aromatic heterocycles. The van der Waals surface area contributed by atoms with E-state index in [9.17, 15) is 65.1 Å². The largest absolute Gasteiger partial charge is 0.507 e. The number of ketones is 2. The second-order valence-corrected chi connectivity index (χ2v) is 14.7. The summed E-state index contributed by atoms with van der Waals surface area (Å²) in [6.07, 6.45) is -15.5. The molecule has 0 spiro atoms. The van der Waals surface area contributed by atoms with Crippen LogP contribution in [0.5, 0.6) is 23.0 Å². The minimum atomic E-state index is -1.89. The number of amides is 1. The van der Waals surface area contributed by atoms with Crippen molar-refractivity contribution in [3.05, 3.63) is 68.8 Å². The van der Waals surface area contributed by atoms with Crippen molar-refractivity contribution in [1.82, 2.24) is 10.6 Å². The molecule has 0 saturated carbocycles. The minimum Gasteiger partial charge on any atom is -0.507 e. The molecule has 0 radical (unpaired) electrons. The van der Waals surface area contributed by atoms with Crippen molar-refractivity contribution in [2.45, 2.75) is 81.3 Å². The maximum atomic E-state index is 14.0. The van der Waals surface area contributed by atoms with Gasteiger partial charge in [-0.05, 0) is 49.7 Å². The quantitative estimate of drug-likeness (QED) is 0.0964. The van der Waals surface area contributed by atoms with Gasteiger partial charge < -0.3 is 80.3 Å². The molecule has 11 atom stereocenters. The number of aryl methyl sites for hydroxylation is 1. The number of hydrogen-bond donors (Lipinski definition) is 11. The van der Waals surface area contributed by atoms with E-state index < -0.39 is 149 Å². The lowest BCUT2D eigenvalue weighted by Gasteiger charge is -2.47. The number of ether oxygens (including phenoxy) is 5. The van der Waals surface area contributed by atoms with E-state index in [1.165, 1.54) is 33.2 Å². The summed E-state index contributed by atoms with van der Waals surface area (Å²) in [7, 11) is 2.80. The van der Waals surface area contributed by atoms with E-state index in [4.69, 9.17) is 23.7 Å². The molecule has 1 amide bonds. The molecule has 2 aliphatic carbocycles. The average Bonchev–Trinajstić information content (AvgIpc) is 3.18. The van der Waals surface area contributed by atoms with Gasteiger partial charge in [-0.3, -0.25) is 19.2 Å². The molecule has 2 aliphatic heterocycles. The summed E-state index contributed by atoms with van der Waals surface area (Å²) in [5, 5.41) is 104. The minimum absolute atomic E-state index is 0.0168. The average molecular weight is 827 g/mol. The molecule has 0 bridgehead atoms. The molecule has 59 heavy (non-hydrogen) atoms. The van der Waals surface area contributed by atoms with Gasteiger partial charge in [-0.1, -0.05) is 6.07 Å². The zero-order valence-electron chi connectivity index (χ0n) is 31.8. The van der Waals surface area contributed by atoms with E-state index in [1.807, 2.05) is 0 Å². The Morgan fingerprint density at radius 2 is 1.49 bits per heavy atom. The topological polar surface area (TPSA) is 321 Å². The highest BCUT2D eigenvalue weighted by atomic mass is 16.7. The number of carbonyl (C=O) groups is 4. The van der Waals surface area contributed by atoms with E-state index >= 15 is 0 Å². The number of benzene rings is 3. The first-order valence-electron chi connectivity index (χ1n) is 18.3. The highest BCUT2D eigenvalue weighted by Crippen LogP contribution is 2.57. The molecule has 316 valence electrons. The van der Waals surface area contributed by atoms with Gasteiger partial charge in [0.05, 0.1) is 42.6 Å². The number of carboxylic acid groups (broad SMARTS) is 1. The number of phenolic OH excluding ortho intramolecular Hbond substituents is 3. The summed E-state index contributed by atoms with van der Waals surface area (Å²) < 4.78 is 28.9. The van der Waals surface area contributed by atoms with E-state index in [0.717, 1.165) is 12.1 Å². The summed E-state index contributed by atoms with van der Waals surface area (Å²) in [5.41, 5.74) is -3.34. The van der Waals surface area contributed by atoms with Gasteiger partial charge in [-0.25, -0.2) is 0 Å². The molecule has 2 fully saturated rings. The van der Waals surface area contributed by atoms with Crippen LogP contribution in [-0.4, -0.2) is 152 Å². The highest BCUT2D eigenvalue weighted by molar-refractivity contribution is 6.31. The van der Waals surface area contributed by atoms with E-state index in [0.29, 0.717) is 0 Å². The fraction of sp³-hybridized carbons (Fsp3) is 0.436. The van der Waals surface area contributed by atoms with Crippen molar-refractivity contribution in [2.75, 3.05) is 27.3 Å². The maximum Gasteiger partial charge on any atom is 0.322 e. The lowest BCUT2D eigenvalue weighted by atomic mass is 9.74. The van der Waals surface area contributed by atoms with Crippen molar-refractivity contribution in [3.63, 3.8) is 0 Å². The number of aliphatic hydroxyl groups is 5. The Kier molecular flexibility index (Phi) is 11.2. The number of aliphatic carboxylic acids is 1. The predicted molar refractivity (Wildman–Crippen MR) is 196 cm³/mol. The standard InChI is InChI=1S/C39H42N2O18/c1-11-5-17-24(31(50)21(11)37(54)41-9-20(44)45)23-15(8-16-25(32(23)51)28(47)14-6-13(55-4)7-18(42)22(14)27(16)46)29(48)35(17)58-39-34(53)36(26(40-3)12(2)57-39)59-38-33(52)30(49)19(43)10-56-38/h5-8,12,19,26,29-30,33-36,38-40,42-43,48-53H,9-10H2,1-4H3,(H,41,54)(H,44,45)/t12?,19?,26?,29-,30?,33?,34?,35-,36?,38?,39?/m0/s1. The first-order chi connectivity index (χ1) is 27.9. The molecule has 3 aromatic rings. The van der Waals surface area contributed by atoms with Crippen molar-refractivity contribution < 1.29 is 88.8 Å². The van der Waals surface area contributed by atoms with E-state index in [-0.39, 0.29) is 33.6 Å². The van der Waals surface area contributed by atoms with Crippen LogP contribution in [0.1, 0.15) is 78.0 Å². The number of rotatable bonds is 9. The fourth-order valence-electron chi connectivity index (χ4n) is 8.21. The molecule has 4 aliphatic rings. The van der Waals surface area contributed by atoms with Gasteiger partial charge >= 0.3 is 5.97 Å². The van der Waals surface area contributed by atoms with Gasteiger partial charge in [-0.2, -0.15) is 0 Å². The number of hydrogen-bond acceptors (Lipinski definition) is 18. The number of phenols is 3. The van der Waals surface area contributed by atoms with Crippen LogP contribution in [0.15, 0.2) is 24.3 Å². The smallest absolute Gasteiger partial charge is 0.322 e. The third kappa shape index (κ3) is 6.85. The zero-order valence-corrected chi connectivity index (χ0v) is 31.8. The van der Waals surface area contributed by atoms with E-state index in [2.05, 4.69) is 10.6 Å². The van der Waals surface area contributed by atoms with E-state index in [1.54, 1.807) is 6.92 Å². The van der Waals surface area contributed by atoms with Gasteiger partial charge in [-0.15, -0.1) is 0 Å². The Morgan fingerprint density at radius 3 is 2.15 bits per heavy atom. The summed E-state index contributed by atoms with van der Waals surface area (Å²) in [4.78, 5) is 52.7. The molecule has 7 rings (SSSR count). The predicted octanol–water partition coefficient (Wildman–Crippen LogP) is -1.00. The number of methoxy groups -OCH3 is 1. The monoisotopic (exact) mass is 826 g/mol. The summed E-state index contributed by atoms with van der Waals surface area (Å²) >= 11 is 0. The second-order valence-electron chi connectivity index (χ2n) is 14.7. The normalized spacial score (nSPS) is 29.8. The lowest BCUT2D eigenvalue weighted by molar-refractivity contribution is -0.339. The molecule has 2 saturated heterocycles. The van der Waals surface area contributed by atoms with Crippen LogP contribution in [0.4, 0.5) is 0 Å². The SMILES string of the molecule is CNC1C(C)OC(O[C@H]2c3cc(C)c(C(=O)NCC(=O)O)c(O)c3-c3c(cc4c(c3O)C(=O)c3cc(OC)cc(O)c3C4=O)[C@@H]2O)C(O)C1OC1OCC(O)C(O)C1O. The number of carboxylic acids is 1. The first-order valence-corrected chi connectivity index (χ1v) is 18.3. The molecule has 20 heteroatoms. The number of carbonyl (C=O) groups excluding carboxylic acids is 3. The van der Waals surface area contributed by atoms with Crippen LogP contribution in [0.3, 0.4) is 0 Å². The highest BCUT2D eigenvalue weighted by Gasteiger charge is 2.51. The second kappa shape index (κ2) is 15.7. The van der Waals surface area contributed by atoms with Gasteiger partial charge in [0.1, 0.15) is 72.3 Å². The molecular weight excluding hydrogens is 784 g/mol. The molecule has 2 heterocycles. The Morgan fingerprint density at radius 1 is 0.831 bits per heavy atom. The zero-order chi connectivity index (χ0) is 42.9. The maximum absolute atomic E-state index is 14.0. The molecule has 11 N–H and O–H groups in total. The number of aliphatic hydroxyl groups excluding tert-OH is 5. The molecule has 20 nitrogen and oxygen atoms in total.